The van der Waals surface area contributed by atoms with Gasteiger partial charge in [0.2, 0.25) is 0 Å². The minimum absolute atomic E-state index is 0.0514. The maximum Gasteiger partial charge on any atom is 0.388 e. The molecule has 17 heavy (non-hydrogen) atoms. The van der Waals surface area contributed by atoms with Crippen LogP contribution in [0.2, 0.25) is 0 Å². The number of nitriles is 1. The lowest BCUT2D eigenvalue weighted by Crippen LogP contribution is -1.98. The van der Waals surface area contributed by atoms with Gasteiger partial charge in [-0.2, -0.15) is 5.26 Å². The van der Waals surface area contributed by atoms with Gasteiger partial charge in [-0.1, -0.05) is 12.1 Å². The van der Waals surface area contributed by atoms with Crippen molar-refractivity contribution in [3.63, 3.8) is 0 Å². The topological polar surface area (TPSA) is 77.8 Å². The van der Waals surface area contributed by atoms with Crippen molar-refractivity contribution in [3.8, 4) is 6.07 Å². The van der Waals surface area contributed by atoms with E-state index in [2.05, 4.69) is 19.1 Å². The molecular formula is C10H12NO5P. The fraction of sp³-hybridized carbons (Fsp3) is 0.300. The van der Waals surface area contributed by atoms with Gasteiger partial charge in [-0.05, 0) is 17.7 Å². The fourth-order valence-corrected chi connectivity index (χ4v) is 2.48. The molecule has 0 radical (unpaired) electrons. The first kappa shape index (κ1) is 13.8. The lowest BCUT2D eigenvalue weighted by molar-refractivity contribution is -0.242. The highest BCUT2D eigenvalue weighted by Crippen LogP contribution is 2.51. The summed E-state index contributed by atoms with van der Waals surface area (Å²) in [6.45, 7) is 0. The highest BCUT2D eigenvalue weighted by atomic mass is 31.2. The van der Waals surface area contributed by atoms with Gasteiger partial charge in [0.25, 0.3) is 0 Å². The maximum absolute atomic E-state index is 12.0. The Balaban J connectivity index is 2.86. The highest BCUT2D eigenvalue weighted by Gasteiger charge is 2.27. The molecule has 0 fully saturated rings. The zero-order chi connectivity index (χ0) is 12.7. The summed E-state index contributed by atoms with van der Waals surface area (Å²) in [5.74, 6) is 0. The lowest BCUT2D eigenvalue weighted by atomic mass is 10.2. The van der Waals surface area contributed by atoms with Gasteiger partial charge in [0.1, 0.15) is 0 Å². The van der Waals surface area contributed by atoms with Crippen molar-refractivity contribution in [2.45, 2.75) is 6.16 Å². The predicted octanol–water partition coefficient (Wildman–Crippen LogP) is 2.41. The Morgan fingerprint density at radius 2 is 1.94 bits per heavy atom. The average Bonchev–Trinajstić information content (AvgIpc) is 2.29. The molecule has 1 rings (SSSR count). The minimum atomic E-state index is -3.53. The Morgan fingerprint density at radius 3 is 2.47 bits per heavy atom. The quantitative estimate of drug-likeness (QED) is 0.442. The van der Waals surface area contributed by atoms with Crippen LogP contribution in [0.1, 0.15) is 11.1 Å². The third kappa shape index (κ3) is 4.27. The van der Waals surface area contributed by atoms with E-state index in [1.165, 1.54) is 14.2 Å². The summed E-state index contributed by atoms with van der Waals surface area (Å²) in [7, 11) is -1.09. The highest BCUT2D eigenvalue weighted by molar-refractivity contribution is 7.52. The minimum Gasteiger partial charge on any atom is -0.255 e. The molecule has 0 heterocycles. The van der Waals surface area contributed by atoms with E-state index < -0.39 is 7.60 Å². The Morgan fingerprint density at radius 1 is 1.29 bits per heavy atom. The smallest absolute Gasteiger partial charge is 0.255 e. The van der Waals surface area contributed by atoms with E-state index in [1.807, 2.05) is 6.07 Å². The Labute approximate surface area is 99.1 Å². The average molecular weight is 257 g/mol. The van der Waals surface area contributed by atoms with E-state index in [0.29, 0.717) is 11.1 Å². The maximum atomic E-state index is 12.0. The van der Waals surface area contributed by atoms with Crippen LogP contribution in [0.3, 0.4) is 0 Å². The van der Waals surface area contributed by atoms with Crippen molar-refractivity contribution >= 4 is 7.60 Å². The van der Waals surface area contributed by atoms with Gasteiger partial charge in [0, 0.05) is 0 Å². The monoisotopic (exact) mass is 257 g/mol. The van der Waals surface area contributed by atoms with Crippen LogP contribution in [-0.2, 0) is 29.9 Å². The summed E-state index contributed by atoms with van der Waals surface area (Å²) in [4.78, 5) is 8.71. The molecule has 0 aliphatic carbocycles. The molecule has 0 atom stereocenters. The van der Waals surface area contributed by atoms with Gasteiger partial charge in [0.05, 0.1) is 32.0 Å². The fourth-order valence-electron chi connectivity index (χ4n) is 1.26. The first-order chi connectivity index (χ1) is 8.13. The van der Waals surface area contributed by atoms with Crippen LogP contribution in [0.15, 0.2) is 24.3 Å². The van der Waals surface area contributed by atoms with Crippen LogP contribution in [0.5, 0.6) is 0 Å². The Kier molecular flexibility index (Phi) is 5.29. The normalized spacial score (nSPS) is 11.1. The SMILES string of the molecule is COOP(=O)(Cc1cccc(C#N)c1)OOC. The first-order valence-electron chi connectivity index (χ1n) is 4.66. The molecule has 0 unspecified atom stereocenters. The second kappa shape index (κ2) is 6.50. The lowest BCUT2D eigenvalue weighted by Gasteiger charge is -2.13. The molecule has 0 aliphatic heterocycles. The van der Waals surface area contributed by atoms with E-state index in [-0.39, 0.29) is 6.16 Å². The molecule has 6 nitrogen and oxygen atoms in total. The molecule has 7 heteroatoms. The zero-order valence-electron chi connectivity index (χ0n) is 9.45. The van der Waals surface area contributed by atoms with Crippen LogP contribution in [0, 0.1) is 11.3 Å². The Bertz CT molecular complexity index is 446. The largest absolute Gasteiger partial charge is 0.388 e. The second-order valence-corrected chi connectivity index (χ2v) is 4.90. The van der Waals surface area contributed by atoms with Crippen molar-refractivity contribution in [3.05, 3.63) is 35.4 Å². The van der Waals surface area contributed by atoms with Gasteiger partial charge < -0.3 is 0 Å². The summed E-state index contributed by atoms with van der Waals surface area (Å²) < 4.78 is 21.2. The molecule has 1 aromatic rings. The van der Waals surface area contributed by atoms with Gasteiger partial charge in [-0.25, -0.2) is 9.78 Å². The van der Waals surface area contributed by atoms with Crippen LogP contribution in [0.25, 0.3) is 0 Å². The molecule has 0 spiro atoms. The van der Waals surface area contributed by atoms with Crippen molar-refractivity contribution in [2.24, 2.45) is 0 Å². The van der Waals surface area contributed by atoms with Crippen molar-refractivity contribution in [1.29, 1.82) is 5.26 Å². The molecule has 0 N–H and O–H groups in total. The summed E-state index contributed by atoms with van der Waals surface area (Å²) >= 11 is 0. The number of rotatable bonds is 6. The first-order valence-corrected chi connectivity index (χ1v) is 6.39. The van der Waals surface area contributed by atoms with Crippen LogP contribution < -0.4 is 0 Å². The van der Waals surface area contributed by atoms with Gasteiger partial charge in [-0.3, -0.25) is 4.57 Å². The van der Waals surface area contributed by atoms with Gasteiger partial charge in [-0.15, -0.1) is 9.35 Å². The number of hydrogen-bond acceptors (Lipinski definition) is 6. The van der Waals surface area contributed by atoms with Crippen LogP contribution in [0.4, 0.5) is 0 Å². The van der Waals surface area contributed by atoms with Crippen molar-refractivity contribution < 1.29 is 23.7 Å². The van der Waals surface area contributed by atoms with Gasteiger partial charge >= 0.3 is 7.60 Å². The molecule has 0 aromatic heterocycles. The molecule has 0 saturated heterocycles. The number of benzene rings is 1. The van der Waals surface area contributed by atoms with E-state index in [9.17, 15) is 4.57 Å². The van der Waals surface area contributed by atoms with E-state index in [4.69, 9.17) is 5.26 Å². The molecule has 0 saturated carbocycles. The molecule has 0 bridgehead atoms. The van der Waals surface area contributed by atoms with E-state index >= 15 is 0 Å². The van der Waals surface area contributed by atoms with Crippen LogP contribution in [-0.4, -0.2) is 14.2 Å². The second-order valence-electron chi connectivity index (χ2n) is 3.06. The molecule has 92 valence electrons. The van der Waals surface area contributed by atoms with Gasteiger partial charge in [0.15, 0.2) is 0 Å². The molecule has 0 aliphatic rings. The summed E-state index contributed by atoms with van der Waals surface area (Å²) in [6.07, 6.45) is -0.0514. The summed E-state index contributed by atoms with van der Waals surface area (Å²) in [6, 6.07) is 8.59. The predicted molar refractivity (Wildman–Crippen MR) is 58.7 cm³/mol. The molecule has 0 amide bonds. The Hall–Kier alpha value is -1.22. The standard InChI is InChI=1S/C10H12NO5P/c1-13-15-17(12,16-14-2)8-10-5-3-4-9(6-10)7-11/h3-6H,8H2,1-2H3. The van der Waals surface area contributed by atoms with E-state index in [1.54, 1.807) is 24.3 Å². The van der Waals surface area contributed by atoms with Crippen molar-refractivity contribution in [1.82, 2.24) is 0 Å². The zero-order valence-corrected chi connectivity index (χ0v) is 10.3. The number of nitrogens with zero attached hydrogens (tertiary/aromatic N) is 1. The number of hydrogen-bond donors (Lipinski definition) is 0. The molecule has 1 aromatic carbocycles. The third-order valence-corrected chi connectivity index (χ3v) is 3.31. The van der Waals surface area contributed by atoms with Crippen molar-refractivity contribution in [2.75, 3.05) is 14.2 Å². The van der Waals surface area contributed by atoms with Crippen LogP contribution >= 0.6 is 7.60 Å². The molecular weight excluding hydrogens is 245 g/mol. The summed E-state index contributed by atoms with van der Waals surface area (Å²) in [5.41, 5.74) is 1.09. The van der Waals surface area contributed by atoms with E-state index in [0.717, 1.165) is 0 Å². The third-order valence-electron chi connectivity index (χ3n) is 1.81. The summed E-state index contributed by atoms with van der Waals surface area (Å²) in [5, 5.41) is 8.74.